The van der Waals surface area contributed by atoms with E-state index in [9.17, 15) is 0 Å². The minimum Gasteiger partial charge on any atom is -0.381 e. The fourth-order valence-electron chi connectivity index (χ4n) is 2.32. The van der Waals surface area contributed by atoms with Crippen molar-refractivity contribution in [2.45, 2.75) is 20.4 Å². The Morgan fingerprint density at radius 2 is 1.95 bits per heavy atom. The van der Waals surface area contributed by atoms with Crippen molar-refractivity contribution in [1.82, 2.24) is 5.32 Å². The van der Waals surface area contributed by atoms with Gasteiger partial charge in [0.2, 0.25) is 0 Å². The molecule has 2 aromatic carbocycles. The van der Waals surface area contributed by atoms with E-state index >= 15 is 0 Å². The summed E-state index contributed by atoms with van der Waals surface area (Å²) in [6.07, 6.45) is 2.09. The molecule has 0 spiro atoms. The van der Waals surface area contributed by atoms with E-state index in [-0.39, 0.29) is 0 Å². The molecule has 21 heavy (non-hydrogen) atoms. The van der Waals surface area contributed by atoms with Gasteiger partial charge >= 0.3 is 0 Å². The summed E-state index contributed by atoms with van der Waals surface area (Å²) in [6.45, 7) is 9.03. The first-order valence-corrected chi connectivity index (χ1v) is 7.39. The first-order chi connectivity index (χ1) is 10.1. The molecular weight excluding hydrogens is 278 g/mol. The highest BCUT2D eigenvalue weighted by atomic mass is 35.5. The molecule has 0 aliphatic heterocycles. The number of halogens is 1. The van der Waals surface area contributed by atoms with Gasteiger partial charge in [-0.15, -0.1) is 0 Å². The Bertz CT molecular complexity index is 671. The lowest BCUT2D eigenvalue weighted by atomic mass is 9.98. The number of hydrogen-bond donors (Lipinski definition) is 1. The van der Waals surface area contributed by atoms with E-state index in [4.69, 9.17) is 11.6 Å². The second kappa shape index (κ2) is 7.14. The van der Waals surface area contributed by atoms with Crippen LogP contribution in [0.25, 0.3) is 5.57 Å². The van der Waals surface area contributed by atoms with Gasteiger partial charge in [0.05, 0.1) is 0 Å². The molecule has 0 bridgehead atoms. The Kier molecular flexibility index (Phi) is 5.24. The fourth-order valence-corrected chi connectivity index (χ4v) is 2.53. The van der Waals surface area contributed by atoms with E-state index < -0.39 is 0 Å². The van der Waals surface area contributed by atoms with E-state index in [1.165, 1.54) is 11.1 Å². The number of hydrogen-bond acceptors (Lipinski definition) is 1. The average molecular weight is 298 g/mol. The fraction of sp³-hybridized carbons (Fsp3) is 0.158. The average Bonchev–Trinajstić information content (AvgIpc) is 2.48. The summed E-state index contributed by atoms with van der Waals surface area (Å²) in [6, 6.07) is 16.2. The third-order valence-electron chi connectivity index (χ3n) is 3.44. The zero-order valence-electron chi connectivity index (χ0n) is 12.5. The zero-order valence-corrected chi connectivity index (χ0v) is 13.2. The highest BCUT2D eigenvalue weighted by molar-refractivity contribution is 6.30. The van der Waals surface area contributed by atoms with Crippen LogP contribution in [0.4, 0.5) is 0 Å². The third-order valence-corrected chi connectivity index (χ3v) is 3.68. The van der Waals surface area contributed by atoms with Crippen LogP contribution in [-0.2, 0) is 6.54 Å². The van der Waals surface area contributed by atoms with Crippen LogP contribution in [0.1, 0.15) is 23.6 Å². The molecule has 0 atom stereocenters. The molecular formula is C19H20ClN. The van der Waals surface area contributed by atoms with Crippen LogP contribution in [0.5, 0.6) is 0 Å². The molecule has 0 unspecified atom stereocenters. The Hall–Kier alpha value is -1.99. The van der Waals surface area contributed by atoms with E-state index in [1.807, 2.05) is 31.2 Å². The second-order valence-corrected chi connectivity index (χ2v) is 5.42. The molecule has 0 aliphatic carbocycles. The highest BCUT2D eigenvalue weighted by Crippen LogP contribution is 2.23. The van der Waals surface area contributed by atoms with Crippen LogP contribution in [0, 0.1) is 6.92 Å². The van der Waals surface area contributed by atoms with Crippen LogP contribution in [-0.4, -0.2) is 0 Å². The van der Waals surface area contributed by atoms with Crippen LogP contribution < -0.4 is 5.32 Å². The maximum atomic E-state index is 6.01. The first kappa shape index (κ1) is 15.4. The van der Waals surface area contributed by atoms with Gasteiger partial charge in [0, 0.05) is 22.8 Å². The Morgan fingerprint density at radius 1 is 1.19 bits per heavy atom. The van der Waals surface area contributed by atoms with Crippen LogP contribution in [0.2, 0.25) is 5.02 Å². The predicted molar refractivity (Wildman–Crippen MR) is 92.3 cm³/mol. The van der Waals surface area contributed by atoms with Crippen LogP contribution in [0.15, 0.2) is 66.9 Å². The van der Waals surface area contributed by atoms with Gasteiger partial charge in [0.25, 0.3) is 0 Å². The molecule has 0 saturated carbocycles. The minimum absolute atomic E-state index is 0.711. The normalized spacial score (nSPS) is 11.3. The number of allylic oxidation sites excluding steroid dienone is 2. The molecule has 0 heterocycles. The molecule has 0 aromatic heterocycles. The zero-order chi connectivity index (χ0) is 15.2. The van der Waals surface area contributed by atoms with Crippen molar-refractivity contribution in [1.29, 1.82) is 0 Å². The lowest BCUT2D eigenvalue weighted by molar-refractivity contribution is 0.841. The van der Waals surface area contributed by atoms with Crippen molar-refractivity contribution in [3.8, 4) is 0 Å². The smallest absolute Gasteiger partial charge is 0.0409 e. The number of benzene rings is 2. The lowest BCUT2D eigenvalue weighted by Gasteiger charge is -2.15. The molecule has 1 nitrogen and oxygen atoms in total. The van der Waals surface area contributed by atoms with Crippen LogP contribution >= 0.6 is 11.6 Å². The summed E-state index contributed by atoms with van der Waals surface area (Å²) >= 11 is 6.01. The molecule has 0 saturated heterocycles. The van der Waals surface area contributed by atoms with E-state index in [1.54, 1.807) is 0 Å². The van der Waals surface area contributed by atoms with Crippen molar-refractivity contribution in [2.75, 3.05) is 0 Å². The molecule has 0 radical (unpaired) electrons. The summed E-state index contributed by atoms with van der Waals surface area (Å²) in [5.41, 5.74) is 5.66. The summed E-state index contributed by atoms with van der Waals surface area (Å²) in [5, 5.41) is 4.14. The standard InChI is InChI=1S/C19H20ClN/c1-4-18(19-11-6-5-8-14(19)2)15(3)21-13-16-9-7-10-17(20)12-16/h4-12,21H,3,13H2,1-2H3/b18-4-. The summed E-state index contributed by atoms with van der Waals surface area (Å²) < 4.78 is 0. The molecule has 0 aliphatic rings. The van der Waals surface area contributed by atoms with Gasteiger partial charge < -0.3 is 5.32 Å². The van der Waals surface area contributed by atoms with Gasteiger partial charge in [-0.05, 0) is 42.7 Å². The van der Waals surface area contributed by atoms with Gasteiger partial charge in [-0.3, -0.25) is 0 Å². The number of rotatable bonds is 5. The first-order valence-electron chi connectivity index (χ1n) is 7.01. The van der Waals surface area contributed by atoms with E-state index in [2.05, 4.69) is 49.2 Å². The third kappa shape index (κ3) is 3.99. The maximum absolute atomic E-state index is 6.01. The molecule has 2 rings (SSSR count). The molecule has 0 fully saturated rings. The van der Waals surface area contributed by atoms with Crippen molar-refractivity contribution in [3.05, 3.63) is 88.6 Å². The van der Waals surface area contributed by atoms with Crippen molar-refractivity contribution < 1.29 is 0 Å². The SMILES string of the molecule is C=C(NCc1cccc(Cl)c1)/C(=C/C)c1ccccc1C. The van der Waals surface area contributed by atoms with Gasteiger partial charge in [0.1, 0.15) is 0 Å². The molecule has 1 N–H and O–H groups in total. The van der Waals surface area contributed by atoms with E-state index in [0.717, 1.165) is 21.9 Å². The van der Waals surface area contributed by atoms with Crippen molar-refractivity contribution >= 4 is 17.2 Å². The van der Waals surface area contributed by atoms with Crippen LogP contribution in [0.3, 0.4) is 0 Å². The number of nitrogens with one attached hydrogen (secondary N) is 1. The Balaban J connectivity index is 2.10. The van der Waals surface area contributed by atoms with Gasteiger partial charge in [-0.1, -0.05) is 60.7 Å². The molecule has 2 heteroatoms. The highest BCUT2D eigenvalue weighted by Gasteiger charge is 2.07. The minimum atomic E-state index is 0.711. The van der Waals surface area contributed by atoms with Gasteiger partial charge in [-0.2, -0.15) is 0 Å². The maximum Gasteiger partial charge on any atom is 0.0409 e. The quantitative estimate of drug-likeness (QED) is 0.733. The van der Waals surface area contributed by atoms with Crippen molar-refractivity contribution in [2.24, 2.45) is 0 Å². The molecule has 108 valence electrons. The summed E-state index contributed by atoms with van der Waals surface area (Å²) in [5.74, 6) is 0. The van der Waals surface area contributed by atoms with Gasteiger partial charge in [-0.25, -0.2) is 0 Å². The number of aryl methyl sites for hydroxylation is 1. The molecule has 2 aromatic rings. The van der Waals surface area contributed by atoms with E-state index in [0.29, 0.717) is 6.54 Å². The van der Waals surface area contributed by atoms with Crippen molar-refractivity contribution in [3.63, 3.8) is 0 Å². The summed E-state index contributed by atoms with van der Waals surface area (Å²) in [4.78, 5) is 0. The molecule has 0 amide bonds. The topological polar surface area (TPSA) is 12.0 Å². The Labute approximate surface area is 132 Å². The lowest BCUT2D eigenvalue weighted by Crippen LogP contribution is -2.13. The van der Waals surface area contributed by atoms with Gasteiger partial charge in [0.15, 0.2) is 0 Å². The monoisotopic (exact) mass is 297 g/mol. The Morgan fingerprint density at radius 3 is 2.62 bits per heavy atom. The largest absolute Gasteiger partial charge is 0.381 e. The second-order valence-electron chi connectivity index (χ2n) is 4.98. The predicted octanol–water partition coefficient (Wildman–Crippen LogP) is 5.36. The summed E-state index contributed by atoms with van der Waals surface area (Å²) in [7, 11) is 0.